The number of aliphatic hydroxyl groups excluding tert-OH is 1. The number of aromatic nitrogens is 4. The Hall–Kier alpha value is -6.91. The first-order chi connectivity index (χ1) is 34.4. The van der Waals surface area contributed by atoms with Gasteiger partial charge in [-0.15, -0.1) is 12.4 Å². The number of carbonyl (C=O) groups excluding carboxylic acids is 6. The lowest BCUT2D eigenvalue weighted by Gasteiger charge is -2.40. The Labute approximate surface area is 431 Å². The number of phenols is 2. The first-order valence-electron chi connectivity index (χ1n) is 24.3. The van der Waals surface area contributed by atoms with E-state index in [2.05, 4.69) is 30.8 Å². The van der Waals surface area contributed by atoms with Crippen LogP contribution in [0.2, 0.25) is 0 Å². The van der Waals surface area contributed by atoms with E-state index in [0.717, 1.165) is 46.5 Å². The number of Topliss-reactive ketones (excluding diaryl/α,β-unsaturated/α-hetero) is 1. The van der Waals surface area contributed by atoms with Crippen LogP contribution in [-0.2, 0) is 30.4 Å². The number of benzene rings is 3. The van der Waals surface area contributed by atoms with Crippen LogP contribution in [0, 0.1) is 5.92 Å². The number of aromatic amines is 2. The van der Waals surface area contributed by atoms with E-state index in [1.54, 1.807) is 48.4 Å². The first-order valence-corrected chi connectivity index (χ1v) is 24.3. The van der Waals surface area contributed by atoms with Gasteiger partial charge in [0.25, 0.3) is 5.91 Å². The molecule has 0 aliphatic carbocycles. The second-order valence-electron chi connectivity index (χ2n) is 17.6. The minimum atomic E-state index is -0.507. The summed E-state index contributed by atoms with van der Waals surface area (Å²) < 4.78 is 0. The number of primary amides is 1. The van der Waals surface area contributed by atoms with Crippen molar-refractivity contribution >= 4 is 58.6 Å². The molecule has 2 aliphatic heterocycles. The number of ketones is 1. The number of aromatic hydroxyl groups is 2. The third kappa shape index (κ3) is 17.7. The van der Waals surface area contributed by atoms with E-state index >= 15 is 0 Å². The van der Waals surface area contributed by atoms with Gasteiger partial charge in [-0.2, -0.15) is 5.10 Å². The molecule has 7 rings (SSSR count). The molecule has 3 aromatic carbocycles. The molecule has 0 radical (unpaired) electrons. The van der Waals surface area contributed by atoms with Crippen molar-refractivity contribution in [3.05, 3.63) is 96.1 Å². The van der Waals surface area contributed by atoms with Crippen molar-refractivity contribution < 1.29 is 44.1 Å². The molecule has 1 unspecified atom stereocenters. The number of amides is 5. The lowest BCUT2D eigenvalue weighted by Crippen LogP contribution is -2.62. The summed E-state index contributed by atoms with van der Waals surface area (Å²) >= 11 is 0. The summed E-state index contributed by atoms with van der Waals surface area (Å²) in [5.41, 5.74) is 26.1. The average Bonchev–Trinajstić information content (AvgIpc) is 4.18. The summed E-state index contributed by atoms with van der Waals surface area (Å²) in [6, 6.07) is 19.8. The molecule has 21 nitrogen and oxygen atoms in total. The van der Waals surface area contributed by atoms with Gasteiger partial charge < -0.3 is 63.7 Å². The summed E-state index contributed by atoms with van der Waals surface area (Å²) in [5.74, 6) is -0.710. The number of fused-ring (bicyclic) bond motifs is 1. The molecule has 5 atom stereocenters. The average molecular weight is 1030 g/mol. The third-order valence-electron chi connectivity index (χ3n) is 12.3. The number of hydrogen-bond donors (Lipinski definition) is 11. The number of H-pyrrole nitrogens is 2. The number of aliphatic hydroxyl groups is 1. The fourth-order valence-corrected chi connectivity index (χ4v) is 7.53. The molecular weight excluding hydrogens is 960 g/mol. The van der Waals surface area contributed by atoms with E-state index in [9.17, 15) is 39.0 Å². The monoisotopic (exact) mass is 1030 g/mol. The summed E-state index contributed by atoms with van der Waals surface area (Å²) in [4.78, 5) is 80.1. The number of nitrogens with one attached hydrogen (secondary N) is 4. The summed E-state index contributed by atoms with van der Waals surface area (Å²) in [6.45, 7) is 9.21. The van der Waals surface area contributed by atoms with Gasteiger partial charge in [-0.3, -0.25) is 33.9 Å². The van der Waals surface area contributed by atoms with E-state index in [0.29, 0.717) is 51.9 Å². The largest absolute Gasteiger partial charge is 0.507 e. The Morgan fingerprint density at radius 2 is 1.48 bits per heavy atom. The number of rotatable bonds is 18. The van der Waals surface area contributed by atoms with E-state index in [1.807, 2.05) is 57.2 Å². The zero-order valence-electron chi connectivity index (χ0n) is 42.0. The minimum Gasteiger partial charge on any atom is -0.507 e. The molecule has 22 heteroatoms. The predicted molar refractivity (Wildman–Crippen MR) is 280 cm³/mol. The number of para-hydroxylation sites is 3. The molecule has 5 amide bonds. The first kappa shape index (κ1) is 60.4. The molecule has 4 heterocycles. The second-order valence-corrected chi connectivity index (χ2v) is 17.6. The number of nitrogens with zero attached hydrogens (tertiary/aromatic N) is 4. The highest BCUT2D eigenvalue weighted by Crippen LogP contribution is 2.28. The second kappa shape index (κ2) is 30.2. The van der Waals surface area contributed by atoms with Gasteiger partial charge in [0, 0.05) is 62.1 Å². The molecule has 2 aliphatic rings. The third-order valence-corrected chi connectivity index (χ3v) is 12.3. The fourth-order valence-electron chi connectivity index (χ4n) is 7.53. The van der Waals surface area contributed by atoms with Gasteiger partial charge in [-0.1, -0.05) is 70.2 Å². The number of hydrogen-bond acceptors (Lipinski definition) is 14. The Morgan fingerprint density at radius 3 is 2.11 bits per heavy atom. The molecule has 5 aromatic rings. The SMILES string of the molecule is CC[C@H](N)C(=O)CCC(=O)N1CCCC1C(N)=O.CC[C@H](N)C(=O)NC1CN(C(=O)c2ccccc2O)C1.CC[C@H](N)c1ncc(-c2ccccc2O)[nH]1.C[C@@H](CO)C(=O)NCCc1[nH]nc2ccccc12.Cl. The van der Waals surface area contributed by atoms with Crippen LogP contribution in [-0.4, -0.2) is 138 Å². The van der Waals surface area contributed by atoms with Crippen molar-refractivity contribution in [2.45, 2.75) is 109 Å². The lowest BCUT2D eigenvalue weighted by molar-refractivity contribution is -0.138. The van der Waals surface area contributed by atoms with Crippen molar-refractivity contribution in [3.8, 4) is 22.8 Å². The molecule has 73 heavy (non-hydrogen) atoms. The maximum Gasteiger partial charge on any atom is 0.257 e. The smallest absolute Gasteiger partial charge is 0.257 e. The van der Waals surface area contributed by atoms with Crippen LogP contribution < -0.4 is 33.6 Å². The van der Waals surface area contributed by atoms with Crippen LogP contribution in [0.1, 0.15) is 101 Å². The topological polar surface area (TPSA) is 355 Å². The number of phenolic OH excluding ortho intramolecular Hbond substituents is 2. The number of nitrogens with two attached hydrogens (primary N) is 4. The fraction of sp³-hybridized carbons (Fsp3) is 0.451. The number of halogens is 1. The van der Waals surface area contributed by atoms with Gasteiger partial charge in [0.15, 0.2) is 0 Å². The van der Waals surface area contributed by atoms with E-state index in [1.165, 1.54) is 11.0 Å². The molecule has 2 saturated heterocycles. The summed E-state index contributed by atoms with van der Waals surface area (Å²) in [5, 5.41) is 42.0. The Kier molecular flexibility index (Phi) is 25.0. The zero-order valence-corrected chi connectivity index (χ0v) is 42.8. The number of carbonyl (C=O) groups is 6. The van der Waals surface area contributed by atoms with Gasteiger partial charge in [0.2, 0.25) is 23.6 Å². The highest BCUT2D eigenvalue weighted by molar-refractivity contribution is 5.97. The lowest BCUT2D eigenvalue weighted by atomic mass is 10.1. The molecule has 0 bridgehead atoms. The molecule has 398 valence electrons. The zero-order chi connectivity index (χ0) is 52.9. The van der Waals surface area contributed by atoms with Crippen LogP contribution in [0.25, 0.3) is 22.2 Å². The van der Waals surface area contributed by atoms with Crippen molar-refractivity contribution in [2.75, 3.05) is 32.8 Å². The molecule has 0 spiro atoms. The summed E-state index contributed by atoms with van der Waals surface area (Å²) in [6.07, 6.45) is 6.01. The van der Waals surface area contributed by atoms with Gasteiger partial charge >= 0.3 is 0 Å². The quantitative estimate of drug-likeness (QED) is 0.0601. The molecule has 0 saturated carbocycles. The van der Waals surface area contributed by atoms with Crippen molar-refractivity contribution in [1.82, 2.24) is 40.6 Å². The van der Waals surface area contributed by atoms with Crippen molar-refractivity contribution in [3.63, 3.8) is 0 Å². The normalized spacial score (nSPS) is 15.5. The molecular formula is C51H73ClN12O9. The van der Waals surface area contributed by atoms with Gasteiger partial charge in [0.1, 0.15) is 29.1 Å². The van der Waals surface area contributed by atoms with Crippen LogP contribution >= 0.6 is 12.4 Å². The predicted octanol–water partition coefficient (Wildman–Crippen LogP) is 3.08. The van der Waals surface area contributed by atoms with Crippen LogP contribution in [0.5, 0.6) is 11.5 Å². The number of likely N-dealkylation sites (tertiary alicyclic amines) is 2. The van der Waals surface area contributed by atoms with Crippen LogP contribution in [0.15, 0.2) is 79.0 Å². The highest BCUT2D eigenvalue weighted by atomic mass is 35.5. The Bertz CT molecular complexity index is 2570. The Morgan fingerprint density at radius 1 is 0.836 bits per heavy atom. The number of imidazole rings is 1. The molecule has 2 aromatic heterocycles. The molecule has 15 N–H and O–H groups in total. The van der Waals surface area contributed by atoms with E-state index in [4.69, 9.17) is 28.0 Å². The molecule has 2 fully saturated rings. The maximum absolute atomic E-state index is 12.1. The van der Waals surface area contributed by atoms with Crippen LogP contribution in [0.3, 0.4) is 0 Å². The van der Waals surface area contributed by atoms with Crippen molar-refractivity contribution in [2.24, 2.45) is 28.9 Å². The maximum atomic E-state index is 12.1. The highest BCUT2D eigenvalue weighted by Gasteiger charge is 2.34. The summed E-state index contributed by atoms with van der Waals surface area (Å²) in [7, 11) is 0. The van der Waals surface area contributed by atoms with Gasteiger partial charge in [0.05, 0.1) is 59.7 Å². The van der Waals surface area contributed by atoms with E-state index in [-0.39, 0.29) is 96.3 Å². The van der Waals surface area contributed by atoms with Crippen molar-refractivity contribution in [1.29, 1.82) is 0 Å². The minimum absolute atomic E-state index is 0. The standard InChI is InChI=1S/C14H19N3O3.C13H17N3O2.C12H21N3O3.C12H15N3O.ClH/c1-2-11(15)13(19)16-9-7-17(8-9)14(20)10-5-3-4-6-12(10)18;1-9(8-17)13(18)14-7-6-12-10-4-2-3-5-11(10)15-16-12;1-2-8(13)10(16)5-6-11(17)15-7-3-4-9(15)12(14)18;1-2-9(13)12-14-7-10(15-12)8-5-3-4-6-11(8)16;/h3-6,9,11,18H,2,7-8,15H2,1H3,(H,16,19);2-5,9,17H,6-8H2,1H3,(H,14,18)(H,15,16);8-9H,2-7,13H2,1H3,(H2,14,18);3-7,9,16H,2,13H2,1H3,(H,14,15);1H/t11-;9-;8-,9?;9-;/m0000./s1. The van der Waals surface area contributed by atoms with Gasteiger partial charge in [-0.05, 0) is 62.4 Å². The van der Waals surface area contributed by atoms with Gasteiger partial charge in [-0.25, -0.2) is 4.98 Å². The van der Waals surface area contributed by atoms with Crippen LogP contribution in [0.4, 0.5) is 0 Å². The Balaban J connectivity index is 0.000000256. The van der Waals surface area contributed by atoms with E-state index < -0.39 is 24.0 Å².